The molecular formula is C32H50N6. The maximum atomic E-state index is 9.15. The molecule has 0 bridgehead atoms. The van der Waals surface area contributed by atoms with Crippen molar-refractivity contribution in [2.24, 2.45) is 23.9 Å². The Bertz CT molecular complexity index is 1090. The maximum absolute atomic E-state index is 9.15. The van der Waals surface area contributed by atoms with E-state index in [-0.39, 0.29) is 0 Å². The highest BCUT2D eigenvalue weighted by Crippen LogP contribution is 2.33. The van der Waals surface area contributed by atoms with E-state index in [0.29, 0.717) is 18.3 Å². The van der Waals surface area contributed by atoms with Crippen LogP contribution in [0.3, 0.4) is 0 Å². The predicted molar refractivity (Wildman–Crippen MR) is 164 cm³/mol. The Morgan fingerprint density at radius 2 is 1.84 bits per heavy atom. The molecule has 2 N–H and O–H groups in total. The van der Waals surface area contributed by atoms with Crippen LogP contribution in [0.15, 0.2) is 42.9 Å². The zero-order valence-electron chi connectivity index (χ0n) is 25.0. The van der Waals surface area contributed by atoms with Crippen molar-refractivity contribution in [2.45, 2.75) is 79.6 Å². The van der Waals surface area contributed by atoms with Crippen molar-refractivity contribution in [2.75, 3.05) is 13.6 Å². The van der Waals surface area contributed by atoms with Crippen LogP contribution in [0, 0.1) is 30.1 Å². The van der Waals surface area contributed by atoms with E-state index < -0.39 is 0 Å². The number of nitriles is 1. The molecule has 6 nitrogen and oxygen atoms in total. The standard InChI is InChI=1S/C27H38N6.C3H8.C2H4/c1-7-8-24-25-26(33(6)32-24)20(4)30-27(31-25)23-17-21(10-9-19(23)3)11-12-22(14-16-29-5)18(2)13-15-28;1-3-2;1-2/h9-10,17-18,22,29H,4,7-8,11-14,16H2,1-3,5-6H3,(H,30,31);3H2,1-2H3;1-2H2. The summed E-state index contributed by atoms with van der Waals surface area (Å²) >= 11 is 0. The van der Waals surface area contributed by atoms with Crippen LogP contribution in [0.4, 0.5) is 5.69 Å². The lowest BCUT2D eigenvalue weighted by atomic mass is 9.84. The number of benzene rings is 1. The van der Waals surface area contributed by atoms with Gasteiger partial charge < -0.3 is 10.6 Å². The van der Waals surface area contributed by atoms with Crippen LogP contribution in [0.2, 0.25) is 0 Å². The van der Waals surface area contributed by atoms with Gasteiger partial charge in [-0.1, -0.05) is 59.2 Å². The lowest BCUT2D eigenvalue weighted by Crippen LogP contribution is -2.27. The smallest absolute Gasteiger partial charge is 0.138 e. The van der Waals surface area contributed by atoms with Crippen molar-refractivity contribution in [3.63, 3.8) is 0 Å². The summed E-state index contributed by atoms with van der Waals surface area (Å²) in [5.74, 6) is 1.78. The fourth-order valence-electron chi connectivity index (χ4n) is 4.68. The molecule has 2 heterocycles. The number of hydrogen-bond donors (Lipinski definition) is 2. The SMILES string of the molecule is C=C.C=C1NC(c2cc(CCC(CCNC)C(C)CC#N)ccc2C)=Nc2c(CCC)nn(C)c21.CCC. The first kappa shape index (κ1) is 32.9. The van der Waals surface area contributed by atoms with Gasteiger partial charge in [0.15, 0.2) is 0 Å². The molecule has 38 heavy (non-hydrogen) atoms. The summed E-state index contributed by atoms with van der Waals surface area (Å²) in [7, 11) is 3.94. The summed E-state index contributed by atoms with van der Waals surface area (Å²) in [5.41, 5.74) is 7.39. The number of aromatic nitrogens is 2. The molecule has 0 aliphatic carbocycles. The molecule has 1 aliphatic heterocycles. The number of amidine groups is 1. The average Bonchev–Trinajstić information content (AvgIpc) is 3.22. The molecular weight excluding hydrogens is 468 g/mol. The zero-order valence-corrected chi connectivity index (χ0v) is 25.0. The molecule has 3 rings (SSSR count). The lowest BCUT2D eigenvalue weighted by Gasteiger charge is -2.23. The third kappa shape index (κ3) is 8.99. The van der Waals surface area contributed by atoms with Crippen molar-refractivity contribution in [1.29, 1.82) is 5.26 Å². The first-order valence-electron chi connectivity index (χ1n) is 14.0. The Balaban J connectivity index is 0.00000135. The van der Waals surface area contributed by atoms with Crippen LogP contribution in [-0.4, -0.2) is 29.2 Å². The molecule has 2 aromatic rings. The van der Waals surface area contributed by atoms with E-state index in [0.717, 1.165) is 72.8 Å². The van der Waals surface area contributed by atoms with Gasteiger partial charge >= 0.3 is 0 Å². The van der Waals surface area contributed by atoms with Gasteiger partial charge in [-0.05, 0) is 75.2 Å². The van der Waals surface area contributed by atoms with Gasteiger partial charge in [-0.25, -0.2) is 4.99 Å². The monoisotopic (exact) mass is 518 g/mol. The highest BCUT2D eigenvalue weighted by Gasteiger charge is 2.25. The Labute approximate surface area is 232 Å². The van der Waals surface area contributed by atoms with Gasteiger partial charge in [0.25, 0.3) is 0 Å². The fourth-order valence-corrected chi connectivity index (χ4v) is 4.68. The zero-order chi connectivity index (χ0) is 28.7. The molecule has 1 aromatic heterocycles. The van der Waals surface area contributed by atoms with E-state index in [1.807, 2.05) is 18.8 Å². The van der Waals surface area contributed by atoms with E-state index in [1.54, 1.807) is 0 Å². The topological polar surface area (TPSA) is 78.0 Å². The number of nitrogens with one attached hydrogen (secondary N) is 2. The Morgan fingerprint density at radius 3 is 2.45 bits per heavy atom. The van der Waals surface area contributed by atoms with Gasteiger partial charge in [0.2, 0.25) is 0 Å². The van der Waals surface area contributed by atoms with Crippen LogP contribution in [0.25, 0.3) is 5.70 Å². The van der Waals surface area contributed by atoms with Gasteiger partial charge in [-0.2, -0.15) is 10.4 Å². The van der Waals surface area contributed by atoms with Gasteiger partial charge in [0, 0.05) is 19.0 Å². The number of rotatable bonds is 11. The van der Waals surface area contributed by atoms with Crippen LogP contribution in [0.1, 0.15) is 87.9 Å². The second-order valence-corrected chi connectivity index (χ2v) is 9.97. The minimum absolute atomic E-state index is 0.405. The fraction of sp³-hybridized carbons (Fsp3) is 0.531. The van der Waals surface area contributed by atoms with Crippen molar-refractivity contribution in [1.82, 2.24) is 20.4 Å². The summed E-state index contributed by atoms with van der Waals surface area (Å²) in [4.78, 5) is 5.01. The van der Waals surface area contributed by atoms with E-state index in [4.69, 9.17) is 10.3 Å². The van der Waals surface area contributed by atoms with E-state index in [9.17, 15) is 0 Å². The van der Waals surface area contributed by atoms with Crippen LogP contribution >= 0.6 is 0 Å². The number of fused-ring (bicyclic) bond motifs is 1. The first-order valence-corrected chi connectivity index (χ1v) is 14.0. The van der Waals surface area contributed by atoms with Crippen molar-refractivity contribution >= 4 is 17.2 Å². The molecule has 6 heteroatoms. The summed E-state index contributed by atoms with van der Waals surface area (Å²) in [6.45, 7) is 22.0. The predicted octanol–water partition coefficient (Wildman–Crippen LogP) is 7.26. The normalized spacial score (nSPS) is 13.4. The van der Waals surface area contributed by atoms with Gasteiger partial charge in [0.05, 0.1) is 17.5 Å². The van der Waals surface area contributed by atoms with Gasteiger partial charge in [0.1, 0.15) is 17.2 Å². The molecule has 0 saturated carbocycles. The number of aryl methyl sites for hydroxylation is 4. The van der Waals surface area contributed by atoms with Crippen LogP contribution in [0.5, 0.6) is 0 Å². The highest BCUT2D eigenvalue weighted by molar-refractivity contribution is 6.08. The van der Waals surface area contributed by atoms with Gasteiger partial charge in [-0.3, -0.25) is 4.68 Å². The van der Waals surface area contributed by atoms with E-state index in [2.05, 4.69) is 94.4 Å². The first-order chi connectivity index (χ1) is 18.3. The minimum atomic E-state index is 0.405. The molecule has 2 atom stereocenters. The lowest BCUT2D eigenvalue weighted by molar-refractivity contribution is 0.317. The minimum Gasteiger partial charge on any atom is -0.338 e. The number of aliphatic imine (C=N–C) groups is 1. The molecule has 2 unspecified atom stereocenters. The second kappa shape index (κ2) is 17.4. The third-order valence-electron chi connectivity index (χ3n) is 6.70. The summed E-state index contributed by atoms with van der Waals surface area (Å²) in [5, 5.41) is 20.5. The molecule has 1 aromatic carbocycles. The molecule has 0 fully saturated rings. The number of hydrogen-bond acceptors (Lipinski definition) is 5. The average molecular weight is 519 g/mol. The quantitative estimate of drug-likeness (QED) is 0.307. The number of nitrogens with zero attached hydrogens (tertiary/aromatic N) is 4. The van der Waals surface area contributed by atoms with Crippen molar-refractivity contribution in [3.8, 4) is 6.07 Å². The molecule has 0 spiro atoms. The second-order valence-electron chi connectivity index (χ2n) is 9.97. The van der Waals surface area contributed by atoms with Crippen LogP contribution < -0.4 is 10.6 Å². The Hall–Kier alpha value is -3.17. The largest absolute Gasteiger partial charge is 0.338 e. The van der Waals surface area contributed by atoms with Crippen molar-refractivity contribution in [3.05, 3.63) is 66.0 Å². The molecule has 0 amide bonds. The molecule has 0 radical (unpaired) electrons. The summed E-state index contributed by atoms with van der Waals surface area (Å²) in [6.07, 6.45) is 6.96. The highest BCUT2D eigenvalue weighted by atomic mass is 15.3. The maximum Gasteiger partial charge on any atom is 0.138 e. The third-order valence-corrected chi connectivity index (χ3v) is 6.70. The van der Waals surface area contributed by atoms with Gasteiger partial charge in [-0.15, -0.1) is 13.2 Å². The van der Waals surface area contributed by atoms with E-state index >= 15 is 0 Å². The van der Waals surface area contributed by atoms with E-state index in [1.165, 1.54) is 17.5 Å². The Kier molecular flexibility index (Phi) is 15.0. The molecule has 0 saturated heterocycles. The molecule has 1 aliphatic rings. The molecule has 208 valence electrons. The van der Waals surface area contributed by atoms with Crippen molar-refractivity contribution < 1.29 is 0 Å². The van der Waals surface area contributed by atoms with Crippen LogP contribution in [-0.2, 0) is 19.9 Å². The summed E-state index contributed by atoms with van der Waals surface area (Å²) in [6, 6.07) is 9.02. The summed E-state index contributed by atoms with van der Waals surface area (Å²) < 4.78 is 1.88. The Morgan fingerprint density at radius 1 is 1.16 bits per heavy atom.